The molecule has 0 aliphatic carbocycles. The van der Waals surface area contributed by atoms with Gasteiger partial charge in [-0.05, 0) is 89.5 Å². The zero-order valence-electron chi connectivity index (χ0n) is 27.8. The van der Waals surface area contributed by atoms with Crippen molar-refractivity contribution >= 4 is 60.8 Å². The van der Waals surface area contributed by atoms with E-state index in [0.29, 0.717) is 0 Å². The molecule has 0 atom stereocenters. The molecule has 51 heavy (non-hydrogen) atoms. The van der Waals surface area contributed by atoms with E-state index in [1.165, 1.54) is 32.9 Å². The van der Waals surface area contributed by atoms with Gasteiger partial charge in [0.25, 0.3) is 0 Å². The van der Waals surface area contributed by atoms with Crippen molar-refractivity contribution in [2.75, 3.05) is 4.90 Å². The highest BCUT2D eigenvalue weighted by Crippen LogP contribution is 2.47. The predicted molar refractivity (Wildman–Crippen MR) is 214 cm³/mol. The fourth-order valence-corrected chi connectivity index (χ4v) is 7.66. The van der Waals surface area contributed by atoms with Crippen molar-refractivity contribution in [3.8, 4) is 27.9 Å². The van der Waals surface area contributed by atoms with E-state index in [1.807, 2.05) is 6.07 Å². The minimum atomic E-state index is 0.871. The van der Waals surface area contributed by atoms with Crippen molar-refractivity contribution in [1.82, 2.24) is 4.57 Å². The molecule has 8 aromatic carbocycles. The minimum absolute atomic E-state index is 0.871. The summed E-state index contributed by atoms with van der Waals surface area (Å²) in [6.07, 6.45) is 0. The smallest absolute Gasteiger partial charge is 0.145 e. The Morgan fingerprint density at radius 2 is 1.00 bits per heavy atom. The van der Waals surface area contributed by atoms with Gasteiger partial charge in [-0.1, -0.05) is 121 Å². The van der Waals surface area contributed by atoms with E-state index in [0.717, 1.165) is 55.8 Å². The first kappa shape index (κ1) is 29.1. The molecule has 0 saturated heterocycles. The van der Waals surface area contributed by atoms with Crippen LogP contribution in [0.1, 0.15) is 0 Å². The summed E-state index contributed by atoms with van der Waals surface area (Å²) in [7, 11) is 0. The molecule has 240 valence electrons. The highest BCUT2D eigenvalue weighted by Gasteiger charge is 2.23. The van der Waals surface area contributed by atoms with Gasteiger partial charge in [0.05, 0.1) is 22.1 Å². The maximum absolute atomic E-state index is 6.82. The molecule has 3 heteroatoms. The Balaban J connectivity index is 1.19. The molecule has 0 N–H and O–H groups in total. The fourth-order valence-electron chi connectivity index (χ4n) is 7.66. The van der Waals surface area contributed by atoms with Crippen molar-refractivity contribution in [1.29, 1.82) is 0 Å². The molecule has 0 unspecified atom stereocenters. The second-order valence-electron chi connectivity index (χ2n) is 12.9. The lowest BCUT2D eigenvalue weighted by Crippen LogP contribution is -2.10. The second kappa shape index (κ2) is 11.9. The molecule has 0 aliphatic rings. The zero-order chi connectivity index (χ0) is 33.7. The van der Waals surface area contributed by atoms with Gasteiger partial charge in [-0.3, -0.25) is 0 Å². The molecule has 0 aliphatic heterocycles. The van der Waals surface area contributed by atoms with E-state index in [-0.39, 0.29) is 0 Å². The van der Waals surface area contributed by atoms with Crippen LogP contribution >= 0.6 is 0 Å². The Morgan fingerprint density at radius 1 is 0.412 bits per heavy atom. The third-order valence-corrected chi connectivity index (χ3v) is 9.99. The second-order valence-corrected chi connectivity index (χ2v) is 12.9. The topological polar surface area (TPSA) is 21.3 Å². The molecule has 2 heterocycles. The van der Waals surface area contributed by atoms with Gasteiger partial charge in [-0.25, -0.2) is 0 Å². The molecule has 0 fully saturated rings. The van der Waals surface area contributed by atoms with E-state index in [9.17, 15) is 0 Å². The van der Waals surface area contributed by atoms with Crippen LogP contribution in [0.4, 0.5) is 17.1 Å². The summed E-state index contributed by atoms with van der Waals surface area (Å²) in [5.74, 6) is 0. The molecular formula is C48H32N2O. The number of rotatable bonds is 6. The lowest BCUT2D eigenvalue weighted by atomic mass is 9.98. The van der Waals surface area contributed by atoms with Crippen molar-refractivity contribution in [2.45, 2.75) is 0 Å². The fraction of sp³-hybridized carbons (Fsp3) is 0. The lowest BCUT2D eigenvalue weighted by molar-refractivity contribution is 0.670. The van der Waals surface area contributed by atoms with Crippen molar-refractivity contribution < 1.29 is 4.42 Å². The highest BCUT2D eigenvalue weighted by atomic mass is 16.3. The Morgan fingerprint density at radius 3 is 1.78 bits per heavy atom. The van der Waals surface area contributed by atoms with E-state index in [2.05, 4.69) is 198 Å². The van der Waals surface area contributed by atoms with E-state index < -0.39 is 0 Å². The van der Waals surface area contributed by atoms with Crippen LogP contribution in [0.5, 0.6) is 0 Å². The zero-order valence-corrected chi connectivity index (χ0v) is 27.8. The molecule has 0 saturated carbocycles. The van der Waals surface area contributed by atoms with Crippen LogP contribution < -0.4 is 4.90 Å². The predicted octanol–water partition coefficient (Wildman–Crippen LogP) is 13.5. The molecule has 2 aromatic heterocycles. The maximum Gasteiger partial charge on any atom is 0.145 e. The molecule has 10 aromatic rings. The third kappa shape index (κ3) is 4.82. The average Bonchev–Trinajstić information content (AvgIpc) is 3.76. The van der Waals surface area contributed by atoms with Crippen LogP contribution in [0.15, 0.2) is 199 Å². The van der Waals surface area contributed by atoms with Crippen molar-refractivity contribution in [3.05, 3.63) is 194 Å². The van der Waals surface area contributed by atoms with Crippen LogP contribution in [0, 0.1) is 0 Å². The normalized spacial score (nSPS) is 11.5. The Kier molecular flexibility index (Phi) is 6.81. The molecule has 10 rings (SSSR count). The Hall–Kier alpha value is -6.84. The number of fused-ring (bicyclic) bond motifs is 6. The summed E-state index contributed by atoms with van der Waals surface area (Å²) >= 11 is 0. The monoisotopic (exact) mass is 652 g/mol. The average molecular weight is 653 g/mol. The standard InChI is InChI=1S/C48H32N2O/c1-4-14-33(15-5-1)34-24-27-38(28-25-34)49(36-16-6-2-7-17-36)45-31-29-39(48-47(45)41-21-11-13-23-46(41)51-48)35-26-30-44-42(32-35)40-20-10-12-22-43(40)50(44)37-18-8-3-9-19-37/h1-32H. The molecule has 0 radical (unpaired) electrons. The molecule has 3 nitrogen and oxygen atoms in total. The van der Waals surface area contributed by atoms with Gasteiger partial charge in [0.15, 0.2) is 0 Å². The van der Waals surface area contributed by atoms with Gasteiger partial charge in [0.2, 0.25) is 0 Å². The molecule has 0 spiro atoms. The van der Waals surface area contributed by atoms with Gasteiger partial charge in [-0.2, -0.15) is 0 Å². The van der Waals surface area contributed by atoms with Gasteiger partial charge in [-0.15, -0.1) is 0 Å². The quantitative estimate of drug-likeness (QED) is 0.178. The number of hydrogen-bond acceptors (Lipinski definition) is 2. The van der Waals surface area contributed by atoms with Crippen LogP contribution in [0.2, 0.25) is 0 Å². The first-order valence-electron chi connectivity index (χ1n) is 17.4. The largest absolute Gasteiger partial charge is 0.455 e. The van der Waals surface area contributed by atoms with Gasteiger partial charge < -0.3 is 13.9 Å². The van der Waals surface area contributed by atoms with Crippen LogP contribution in [-0.2, 0) is 0 Å². The summed E-state index contributed by atoms with van der Waals surface area (Å²) < 4.78 is 9.18. The number of anilines is 3. The minimum Gasteiger partial charge on any atom is -0.455 e. The maximum atomic E-state index is 6.82. The molecular weight excluding hydrogens is 621 g/mol. The van der Waals surface area contributed by atoms with Crippen molar-refractivity contribution in [2.24, 2.45) is 0 Å². The number of hydrogen-bond donors (Lipinski definition) is 0. The molecule has 0 amide bonds. The highest BCUT2D eigenvalue weighted by molar-refractivity contribution is 6.18. The van der Waals surface area contributed by atoms with Crippen molar-refractivity contribution in [3.63, 3.8) is 0 Å². The number of benzene rings is 8. The third-order valence-electron chi connectivity index (χ3n) is 9.99. The van der Waals surface area contributed by atoms with E-state index in [4.69, 9.17) is 4.42 Å². The van der Waals surface area contributed by atoms with E-state index in [1.54, 1.807) is 0 Å². The Labute approximate surface area is 295 Å². The first-order valence-corrected chi connectivity index (χ1v) is 17.4. The number of furan rings is 1. The summed E-state index contributed by atoms with van der Waals surface area (Å²) in [6.45, 7) is 0. The summed E-state index contributed by atoms with van der Waals surface area (Å²) in [5, 5.41) is 4.62. The summed E-state index contributed by atoms with van der Waals surface area (Å²) in [6, 6.07) is 69.0. The number of nitrogens with zero attached hydrogens (tertiary/aromatic N) is 2. The van der Waals surface area contributed by atoms with Gasteiger partial charge in [0.1, 0.15) is 11.2 Å². The number of aromatic nitrogens is 1. The summed E-state index contributed by atoms with van der Waals surface area (Å²) in [5.41, 5.74) is 13.1. The van der Waals surface area contributed by atoms with Gasteiger partial charge in [0, 0.05) is 38.8 Å². The number of para-hydroxylation sites is 4. The SMILES string of the molecule is c1ccc(-c2ccc(N(c3ccccc3)c3ccc(-c4ccc5c(c4)c4ccccc4n5-c4ccccc4)c4oc5ccccc5c34)cc2)cc1. The molecule has 0 bridgehead atoms. The van der Waals surface area contributed by atoms with Crippen LogP contribution in [-0.4, -0.2) is 4.57 Å². The summed E-state index contributed by atoms with van der Waals surface area (Å²) in [4.78, 5) is 2.35. The van der Waals surface area contributed by atoms with Gasteiger partial charge >= 0.3 is 0 Å². The van der Waals surface area contributed by atoms with Crippen LogP contribution in [0.25, 0.3) is 71.7 Å². The Bertz CT molecular complexity index is 2830. The first-order chi connectivity index (χ1) is 25.3. The van der Waals surface area contributed by atoms with Crippen LogP contribution in [0.3, 0.4) is 0 Å². The lowest BCUT2D eigenvalue weighted by Gasteiger charge is -2.27. The van der Waals surface area contributed by atoms with E-state index >= 15 is 0 Å².